The van der Waals surface area contributed by atoms with Crippen molar-refractivity contribution < 1.29 is 4.79 Å². The Labute approximate surface area is 144 Å². The molecule has 2 aromatic carbocycles. The molecule has 0 bridgehead atoms. The molecule has 0 aliphatic heterocycles. The van der Waals surface area contributed by atoms with E-state index in [1.807, 2.05) is 42.5 Å². The Morgan fingerprint density at radius 3 is 2.36 bits per heavy atom. The van der Waals surface area contributed by atoms with Crippen molar-refractivity contribution in [2.75, 3.05) is 11.4 Å². The number of aromatic nitrogens is 3. The lowest BCUT2D eigenvalue weighted by Crippen LogP contribution is -2.24. The molecule has 7 nitrogen and oxygen atoms in total. The van der Waals surface area contributed by atoms with Crippen molar-refractivity contribution >= 4 is 17.3 Å². The van der Waals surface area contributed by atoms with E-state index in [0.29, 0.717) is 6.54 Å². The second-order valence-corrected chi connectivity index (χ2v) is 5.46. The Bertz CT molecular complexity index is 884. The smallest absolute Gasteiger partial charge is 0.341 e. The van der Waals surface area contributed by atoms with Gasteiger partial charge >= 0.3 is 5.69 Å². The maximum absolute atomic E-state index is 11.9. The zero-order chi connectivity index (χ0) is 17.6. The number of benzene rings is 2. The van der Waals surface area contributed by atoms with Crippen LogP contribution in [0.1, 0.15) is 23.1 Å². The fourth-order valence-electron chi connectivity index (χ4n) is 2.56. The Hall–Kier alpha value is -3.35. The summed E-state index contributed by atoms with van der Waals surface area (Å²) in [6.45, 7) is 3.31. The second kappa shape index (κ2) is 7.48. The van der Waals surface area contributed by atoms with E-state index < -0.39 is 11.6 Å². The molecule has 0 radical (unpaired) electrons. The molecule has 128 valence electrons. The molecule has 0 aliphatic carbocycles. The normalized spacial score (nSPS) is 10.4. The number of nitrogens with one attached hydrogen (secondary N) is 3. The van der Waals surface area contributed by atoms with Gasteiger partial charge in [0.25, 0.3) is 5.91 Å². The summed E-state index contributed by atoms with van der Waals surface area (Å²) in [6, 6.07) is 18.1. The highest BCUT2D eigenvalue weighted by Crippen LogP contribution is 2.24. The van der Waals surface area contributed by atoms with E-state index >= 15 is 0 Å². The summed E-state index contributed by atoms with van der Waals surface area (Å²) >= 11 is 0. The third-order valence-electron chi connectivity index (χ3n) is 3.80. The van der Waals surface area contributed by atoms with Crippen LogP contribution in [-0.4, -0.2) is 27.6 Å². The predicted octanol–water partition coefficient (Wildman–Crippen LogP) is 2.19. The highest BCUT2D eigenvalue weighted by atomic mass is 16.2. The van der Waals surface area contributed by atoms with Crippen LogP contribution in [0.15, 0.2) is 59.4 Å². The number of carbonyl (C=O) groups is 1. The van der Waals surface area contributed by atoms with Gasteiger partial charge in [0, 0.05) is 24.5 Å². The molecule has 25 heavy (non-hydrogen) atoms. The van der Waals surface area contributed by atoms with E-state index in [4.69, 9.17) is 0 Å². The molecule has 3 rings (SSSR count). The van der Waals surface area contributed by atoms with Crippen LogP contribution in [0.3, 0.4) is 0 Å². The van der Waals surface area contributed by atoms with Crippen LogP contribution in [-0.2, 0) is 6.54 Å². The topological polar surface area (TPSA) is 93.9 Å². The Morgan fingerprint density at radius 2 is 1.76 bits per heavy atom. The number of hydrogen-bond acceptors (Lipinski definition) is 4. The van der Waals surface area contributed by atoms with E-state index in [-0.39, 0.29) is 5.82 Å². The Kier molecular flexibility index (Phi) is 4.94. The monoisotopic (exact) mass is 337 g/mol. The molecule has 7 heteroatoms. The third kappa shape index (κ3) is 3.95. The lowest BCUT2D eigenvalue weighted by Gasteiger charge is -2.23. The number of rotatable bonds is 6. The Morgan fingerprint density at radius 1 is 1.08 bits per heavy atom. The molecule has 0 saturated heterocycles. The summed E-state index contributed by atoms with van der Waals surface area (Å²) in [4.78, 5) is 27.3. The number of hydrogen-bond donors (Lipinski definition) is 3. The number of H-pyrrole nitrogens is 2. The lowest BCUT2D eigenvalue weighted by molar-refractivity contribution is 0.0941. The standard InChI is InChI=1S/C18H19N5O2/c1-2-23(14-6-4-3-5-7-14)15-10-8-13(9-11-15)12-19-17(24)16-20-18(25)22-21-16/h3-11H,2,12H2,1H3,(H,19,24)(H2,20,21,22,25). The van der Waals surface area contributed by atoms with Gasteiger partial charge in [-0.05, 0) is 36.8 Å². The van der Waals surface area contributed by atoms with Crippen LogP contribution >= 0.6 is 0 Å². The van der Waals surface area contributed by atoms with Crippen molar-refractivity contribution in [3.8, 4) is 0 Å². The molecule has 0 spiro atoms. The van der Waals surface area contributed by atoms with Crippen molar-refractivity contribution in [1.29, 1.82) is 0 Å². The quantitative estimate of drug-likeness (QED) is 0.643. The van der Waals surface area contributed by atoms with Crippen LogP contribution in [0.4, 0.5) is 11.4 Å². The summed E-state index contributed by atoms with van der Waals surface area (Å²) < 4.78 is 0. The number of carbonyl (C=O) groups excluding carboxylic acids is 1. The van der Waals surface area contributed by atoms with Gasteiger partial charge in [0.2, 0.25) is 5.82 Å². The van der Waals surface area contributed by atoms with Crippen LogP contribution in [0, 0.1) is 0 Å². The number of anilines is 2. The number of para-hydroxylation sites is 1. The molecule has 0 aliphatic rings. The van der Waals surface area contributed by atoms with Crippen LogP contribution in [0.5, 0.6) is 0 Å². The number of aromatic amines is 2. The summed E-state index contributed by atoms with van der Waals surface area (Å²) in [5, 5.41) is 8.48. The highest BCUT2D eigenvalue weighted by Gasteiger charge is 2.10. The molecule has 0 fully saturated rings. The summed E-state index contributed by atoms with van der Waals surface area (Å²) in [7, 11) is 0. The van der Waals surface area contributed by atoms with Crippen LogP contribution in [0.25, 0.3) is 0 Å². The highest BCUT2D eigenvalue weighted by molar-refractivity contribution is 5.90. The first-order valence-corrected chi connectivity index (χ1v) is 8.02. The minimum Gasteiger partial charge on any atom is -0.345 e. The zero-order valence-electron chi connectivity index (χ0n) is 13.8. The summed E-state index contributed by atoms with van der Waals surface area (Å²) in [5.74, 6) is -0.454. The van der Waals surface area contributed by atoms with Gasteiger partial charge in [-0.1, -0.05) is 30.3 Å². The number of amides is 1. The van der Waals surface area contributed by atoms with Gasteiger partial charge in [-0.15, -0.1) is 5.10 Å². The van der Waals surface area contributed by atoms with Gasteiger partial charge in [0.1, 0.15) is 0 Å². The number of nitrogens with zero attached hydrogens (tertiary/aromatic N) is 2. The van der Waals surface area contributed by atoms with E-state index in [0.717, 1.165) is 23.5 Å². The molecule has 1 heterocycles. The largest absolute Gasteiger partial charge is 0.345 e. The molecular formula is C18H19N5O2. The average Bonchev–Trinajstić information content (AvgIpc) is 3.09. The predicted molar refractivity (Wildman–Crippen MR) is 95.9 cm³/mol. The average molecular weight is 337 g/mol. The fourth-order valence-corrected chi connectivity index (χ4v) is 2.56. The molecule has 3 aromatic rings. The van der Waals surface area contributed by atoms with Gasteiger partial charge in [-0.2, -0.15) is 0 Å². The first-order chi connectivity index (χ1) is 12.2. The molecule has 3 N–H and O–H groups in total. The second-order valence-electron chi connectivity index (χ2n) is 5.46. The fraction of sp³-hybridized carbons (Fsp3) is 0.167. The van der Waals surface area contributed by atoms with Gasteiger partial charge in [-0.3, -0.25) is 9.78 Å². The lowest BCUT2D eigenvalue weighted by atomic mass is 10.1. The van der Waals surface area contributed by atoms with E-state index in [9.17, 15) is 9.59 Å². The van der Waals surface area contributed by atoms with Crippen molar-refractivity contribution in [1.82, 2.24) is 20.5 Å². The summed E-state index contributed by atoms with van der Waals surface area (Å²) in [5.41, 5.74) is 2.67. The van der Waals surface area contributed by atoms with Gasteiger partial charge in [0.15, 0.2) is 0 Å². The molecule has 0 atom stereocenters. The first-order valence-electron chi connectivity index (χ1n) is 8.02. The van der Waals surface area contributed by atoms with Gasteiger partial charge in [0.05, 0.1) is 0 Å². The maximum atomic E-state index is 11.9. The van der Waals surface area contributed by atoms with Crippen LogP contribution in [0.2, 0.25) is 0 Å². The van der Waals surface area contributed by atoms with Gasteiger partial charge < -0.3 is 10.2 Å². The van der Waals surface area contributed by atoms with Gasteiger partial charge in [-0.25, -0.2) is 9.89 Å². The van der Waals surface area contributed by atoms with E-state index in [2.05, 4.69) is 44.5 Å². The van der Waals surface area contributed by atoms with E-state index in [1.54, 1.807) is 0 Å². The first kappa shape index (κ1) is 16.5. The van der Waals surface area contributed by atoms with Crippen molar-refractivity contribution in [2.45, 2.75) is 13.5 Å². The SMILES string of the molecule is CCN(c1ccccc1)c1ccc(CNC(=O)c2n[nH]c(=O)[nH]2)cc1. The zero-order valence-corrected chi connectivity index (χ0v) is 13.8. The van der Waals surface area contributed by atoms with Crippen LogP contribution < -0.4 is 15.9 Å². The molecule has 0 saturated carbocycles. The minimum absolute atomic E-state index is 0.0251. The molecule has 1 aromatic heterocycles. The maximum Gasteiger partial charge on any atom is 0.341 e. The van der Waals surface area contributed by atoms with Crippen molar-refractivity contribution in [2.24, 2.45) is 0 Å². The summed E-state index contributed by atoms with van der Waals surface area (Å²) in [6.07, 6.45) is 0. The molecule has 0 unspecified atom stereocenters. The van der Waals surface area contributed by atoms with Crippen molar-refractivity contribution in [3.63, 3.8) is 0 Å². The molecule has 1 amide bonds. The molecular weight excluding hydrogens is 318 g/mol. The third-order valence-corrected chi connectivity index (χ3v) is 3.80. The minimum atomic E-state index is -0.505. The van der Waals surface area contributed by atoms with E-state index in [1.165, 1.54) is 0 Å². The Balaban J connectivity index is 1.65. The van der Waals surface area contributed by atoms with Crippen molar-refractivity contribution in [3.05, 3.63) is 76.5 Å².